The third-order valence-electron chi connectivity index (χ3n) is 3.34. The van der Waals surface area contributed by atoms with Crippen molar-refractivity contribution in [2.45, 2.75) is 5.03 Å². The molecule has 8 heteroatoms. The number of hydrogen-bond acceptors (Lipinski definition) is 4. The lowest BCUT2D eigenvalue weighted by Crippen LogP contribution is -2.46. The summed E-state index contributed by atoms with van der Waals surface area (Å²) in [5.41, 5.74) is 0.626. The van der Waals surface area contributed by atoms with Crippen LogP contribution in [0, 0.1) is 0 Å². The molecule has 1 aliphatic rings. The molecular formula is C13H15ClN4O2S. The summed E-state index contributed by atoms with van der Waals surface area (Å²) in [5, 5.41) is 7.96. The molecule has 1 aromatic heterocycles. The normalized spacial score (nSPS) is 17.0. The van der Waals surface area contributed by atoms with Gasteiger partial charge in [-0.15, -0.1) is 0 Å². The molecule has 21 heavy (non-hydrogen) atoms. The van der Waals surface area contributed by atoms with Crippen molar-refractivity contribution in [3.8, 4) is 5.69 Å². The number of benzene rings is 1. The van der Waals surface area contributed by atoms with Crippen LogP contribution in [0.15, 0.2) is 41.6 Å². The van der Waals surface area contributed by atoms with Crippen LogP contribution in [0.3, 0.4) is 0 Å². The van der Waals surface area contributed by atoms with E-state index < -0.39 is 10.0 Å². The number of rotatable bonds is 3. The number of piperazine rings is 1. The van der Waals surface area contributed by atoms with E-state index in [9.17, 15) is 8.42 Å². The Morgan fingerprint density at radius 2 is 1.95 bits per heavy atom. The van der Waals surface area contributed by atoms with E-state index in [0.717, 1.165) is 0 Å². The maximum absolute atomic E-state index is 12.7. The van der Waals surface area contributed by atoms with E-state index in [1.807, 2.05) is 0 Å². The standard InChI is InChI=1S/C13H15ClN4O2S/c14-11-2-1-3-12(10-11)18-13(4-5-16-18)21(19,20)17-8-6-15-7-9-17/h1-5,10,15H,6-9H2. The lowest BCUT2D eigenvalue weighted by Gasteiger charge is -2.26. The van der Waals surface area contributed by atoms with Gasteiger partial charge in [-0.25, -0.2) is 13.1 Å². The van der Waals surface area contributed by atoms with Crippen molar-refractivity contribution in [2.75, 3.05) is 26.2 Å². The molecule has 112 valence electrons. The summed E-state index contributed by atoms with van der Waals surface area (Å²) in [6.45, 7) is 2.24. The van der Waals surface area contributed by atoms with Crippen LogP contribution in [0.4, 0.5) is 0 Å². The van der Waals surface area contributed by atoms with Crippen LogP contribution in [0.5, 0.6) is 0 Å². The Balaban J connectivity index is 2.02. The summed E-state index contributed by atoms with van der Waals surface area (Å²) >= 11 is 5.97. The van der Waals surface area contributed by atoms with E-state index in [1.165, 1.54) is 21.3 Å². The van der Waals surface area contributed by atoms with E-state index in [2.05, 4.69) is 10.4 Å². The zero-order chi connectivity index (χ0) is 14.9. The predicted molar refractivity (Wildman–Crippen MR) is 80.2 cm³/mol. The molecule has 0 spiro atoms. The second-order valence-electron chi connectivity index (χ2n) is 4.72. The molecular weight excluding hydrogens is 312 g/mol. The first-order valence-corrected chi connectivity index (χ1v) is 8.42. The molecule has 1 saturated heterocycles. The molecule has 1 aliphatic heterocycles. The van der Waals surface area contributed by atoms with Crippen molar-refractivity contribution in [1.82, 2.24) is 19.4 Å². The van der Waals surface area contributed by atoms with Crippen molar-refractivity contribution in [3.05, 3.63) is 41.6 Å². The van der Waals surface area contributed by atoms with Crippen LogP contribution < -0.4 is 5.32 Å². The highest BCUT2D eigenvalue weighted by molar-refractivity contribution is 7.89. The topological polar surface area (TPSA) is 67.2 Å². The summed E-state index contributed by atoms with van der Waals surface area (Å²) in [4.78, 5) is 0. The predicted octanol–water partition coefficient (Wildman–Crippen LogP) is 1.12. The van der Waals surface area contributed by atoms with E-state index in [1.54, 1.807) is 24.3 Å². The van der Waals surface area contributed by atoms with Crippen molar-refractivity contribution >= 4 is 21.6 Å². The molecule has 0 radical (unpaired) electrons. The van der Waals surface area contributed by atoms with Crippen molar-refractivity contribution < 1.29 is 8.42 Å². The van der Waals surface area contributed by atoms with Gasteiger partial charge in [-0.2, -0.15) is 9.40 Å². The fourth-order valence-corrected chi connectivity index (χ4v) is 4.02. The average Bonchev–Trinajstić information content (AvgIpc) is 2.98. The second-order valence-corrected chi connectivity index (χ2v) is 7.04. The van der Waals surface area contributed by atoms with Gasteiger partial charge >= 0.3 is 0 Å². The molecule has 6 nitrogen and oxygen atoms in total. The lowest BCUT2D eigenvalue weighted by molar-refractivity contribution is 0.358. The Labute approximate surface area is 128 Å². The molecule has 0 atom stereocenters. The van der Waals surface area contributed by atoms with Gasteiger partial charge in [-0.05, 0) is 24.3 Å². The second kappa shape index (κ2) is 5.76. The van der Waals surface area contributed by atoms with Gasteiger partial charge in [0.1, 0.15) is 0 Å². The number of nitrogens with zero attached hydrogens (tertiary/aromatic N) is 3. The number of aromatic nitrogens is 2. The highest BCUT2D eigenvalue weighted by atomic mass is 35.5. The Kier molecular flexibility index (Phi) is 3.99. The molecule has 1 fully saturated rings. The molecule has 0 bridgehead atoms. The monoisotopic (exact) mass is 326 g/mol. The van der Waals surface area contributed by atoms with Gasteiger partial charge in [-0.3, -0.25) is 0 Å². The van der Waals surface area contributed by atoms with Crippen molar-refractivity contribution in [1.29, 1.82) is 0 Å². The van der Waals surface area contributed by atoms with Gasteiger partial charge in [0.05, 0.1) is 11.9 Å². The minimum Gasteiger partial charge on any atom is -0.314 e. The molecule has 0 amide bonds. The third-order valence-corrected chi connectivity index (χ3v) is 5.46. The highest BCUT2D eigenvalue weighted by Gasteiger charge is 2.29. The molecule has 2 heterocycles. The number of sulfonamides is 1. The Morgan fingerprint density at radius 1 is 1.19 bits per heavy atom. The molecule has 3 rings (SSSR count). The summed E-state index contributed by atoms with van der Waals surface area (Å²) in [7, 11) is -3.56. The molecule has 0 saturated carbocycles. The van der Waals surface area contributed by atoms with Crippen molar-refractivity contribution in [3.63, 3.8) is 0 Å². The summed E-state index contributed by atoms with van der Waals surface area (Å²) < 4.78 is 28.3. The zero-order valence-electron chi connectivity index (χ0n) is 11.2. The van der Waals surface area contributed by atoms with E-state index in [0.29, 0.717) is 36.9 Å². The van der Waals surface area contributed by atoms with Crippen molar-refractivity contribution in [2.24, 2.45) is 0 Å². The largest absolute Gasteiger partial charge is 0.314 e. The first-order valence-electron chi connectivity index (χ1n) is 6.60. The molecule has 0 aliphatic carbocycles. The summed E-state index contributed by atoms with van der Waals surface area (Å²) in [5.74, 6) is 0. The number of hydrogen-bond donors (Lipinski definition) is 1. The summed E-state index contributed by atoms with van der Waals surface area (Å²) in [6, 6.07) is 8.47. The Bertz CT molecular complexity index is 738. The quantitative estimate of drug-likeness (QED) is 0.918. The molecule has 0 unspecified atom stereocenters. The van der Waals surface area contributed by atoms with Gasteiger partial charge in [0.15, 0.2) is 5.03 Å². The summed E-state index contributed by atoms with van der Waals surface area (Å²) in [6.07, 6.45) is 1.48. The first-order chi connectivity index (χ1) is 10.1. The van der Waals surface area contributed by atoms with Crippen LogP contribution in [-0.4, -0.2) is 48.7 Å². The zero-order valence-corrected chi connectivity index (χ0v) is 12.8. The number of nitrogens with one attached hydrogen (secondary N) is 1. The van der Waals surface area contributed by atoms with E-state index in [4.69, 9.17) is 11.6 Å². The van der Waals surface area contributed by atoms with Crippen LogP contribution in [-0.2, 0) is 10.0 Å². The van der Waals surface area contributed by atoms with Gasteiger partial charge in [0.25, 0.3) is 10.0 Å². The fourth-order valence-electron chi connectivity index (χ4n) is 2.31. The fraction of sp³-hybridized carbons (Fsp3) is 0.308. The molecule has 1 N–H and O–H groups in total. The maximum Gasteiger partial charge on any atom is 0.260 e. The van der Waals surface area contributed by atoms with Crippen LogP contribution in [0.1, 0.15) is 0 Å². The van der Waals surface area contributed by atoms with Gasteiger partial charge < -0.3 is 5.32 Å². The Morgan fingerprint density at radius 3 is 2.67 bits per heavy atom. The maximum atomic E-state index is 12.7. The Hall–Kier alpha value is -1.41. The van der Waals surface area contributed by atoms with Gasteiger partial charge in [-0.1, -0.05) is 17.7 Å². The SMILES string of the molecule is O=S(=O)(c1ccnn1-c1cccc(Cl)c1)N1CCNCC1. The lowest BCUT2D eigenvalue weighted by atomic mass is 10.3. The minimum absolute atomic E-state index is 0.159. The van der Waals surface area contributed by atoms with Crippen LogP contribution in [0.25, 0.3) is 5.69 Å². The van der Waals surface area contributed by atoms with Crippen LogP contribution >= 0.6 is 11.6 Å². The van der Waals surface area contributed by atoms with Gasteiger partial charge in [0, 0.05) is 31.2 Å². The average molecular weight is 327 g/mol. The van der Waals surface area contributed by atoms with E-state index in [-0.39, 0.29) is 5.03 Å². The van der Waals surface area contributed by atoms with Crippen LogP contribution in [0.2, 0.25) is 5.02 Å². The highest BCUT2D eigenvalue weighted by Crippen LogP contribution is 2.21. The number of halogens is 1. The molecule has 1 aromatic carbocycles. The third kappa shape index (κ3) is 2.82. The van der Waals surface area contributed by atoms with Gasteiger partial charge in [0.2, 0.25) is 0 Å². The molecule has 2 aromatic rings. The first kappa shape index (κ1) is 14.5. The smallest absolute Gasteiger partial charge is 0.260 e. The van der Waals surface area contributed by atoms with E-state index >= 15 is 0 Å². The minimum atomic E-state index is -3.56.